The van der Waals surface area contributed by atoms with E-state index in [0.29, 0.717) is 16.6 Å². The Morgan fingerprint density at radius 1 is 1.47 bits per heavy atom. The summed E-state index contributed by atoms with van der Waals surface area (Å²) >= 11 is 0. The highest BCUT2D eigenvalue weighted by molar-refractivity contribution is 6.04. The van der Waals surface area contributed by atoms with Crippen LogP contribution in [0.3, 0.4) is 0 Å². The molecule has 2 heterocycles. The van der Waals surface area contributed by atoms with Crippen LogP contribution in [-0.2, 0) is 16.1 Å². The van der Waals surface area contributed by atoms with E-state index < -0.39 is 5.97 Å². The van der Waals surface area contributed by atoms with Crippen LogP contribution in [0.25, 0.3) is 10.9 Å². The Balaban J connectivity index is 2.56. The molecule has 0 spiro atoms. The SMILES string of the molecule is COC(=O)Cn1nc(C(C)=O)c2ccncc21. The lowest BCUT2D eigenvalue weighted by atomic mass is 10.2. The fourth-order valence-electron chi connectivity index (χ4n) is 1.59. The molecule has 0 saturated heterocycles. The van der Waals surface area contributed by atoms with Gasteiger partial charge in [0.15, 0.2) is 5.78 Å². The summed E-state index contributed by atoms with van der Waals surface area (Å²) in [5.74, 6) is -0.571. The quantitative estimate of drug-likeness (QED) is 0.579. The minimum atomic E-state index is -0.423. The molecule has 0 aliphatic heterocycles. The number of ketones is 1. The zero-order valence-corrected chi connectivity index (χ0v) is 9.51. The summed E-state index contributed by atoms with van der Waals surface area (Å²) < 4.78 is 5.99. The van der Waals surface area contributed by atoms with Crippen molar-refractivity contribution >= 4 is 22.7 Å². The van der Waals surface area contributed by atoms with Gasteiger partial charge in [0.1, 0.15) is 12.2 Å². The maximum absolute atomic E-state index is 11.4. The van der Waals surface area contributed by atoms with E-state index in [1.807, 2.05) is 0 Å². The van der Waals surface area contributed by atoms with Crippen molar-refractivity contribution in [1.29, 1.82) is 0 Å². The number of fused-ring (bicyclic) bond motifs is 1. The van der Waals surface area contributed by atoms with E-state index >= 15 is 0 Å². The van der Waals surface area contributed by atoms with E-state index in [-0.39, 0.29) is 12.3 Å². The number of rotatable bonds is 3. The van der Waals surface area contributed by atoms with Crippen LogP contribution in [0, 0.1) is 0 Å². The normalized spacial score (nSPS) is 10.5. The van der Waals surface area contributed by atoms with Gasteiger partial charge in [-0.15, -0.1) is 0 Å². The number of Topliss-reactive ketones (excluding diaryl/α,β-unsaturated/α-hetero) is 1. The van der Waals surface area contributed by atoms with Gasteiger partial charge in [-0.05, 0) is 6.07 Å². The first-order chi connectivity index (χ1) is 8.13. The van der Waals surface area contributed by atoms with E-state index in [9.17, 15) is 9.59 Å². The number of carbonyl (C=O) groups is 2. The number of hydrogen-bond acceptors (Lipinski definition) is 5. The van der Waals surface area contributed by atoms with Gasteiger partial charge in [-0.3, -0.25) is 19.3 Å². The standard InChI is InChI=1S/C11H11N3O3/c1-7(15)11-8-3-4-12-5-9(8)14(13-11)6-10(16)17-2/h3-5H,6H2,1-2H3. The summed E-state index contributed by atoms with van der Waals surface area (Å²) in [5.41, 5.74) is 0.981. The third-order valence-electron chi connectivity index (χ3n) is 2.39. The fourth-order valence-corrected chi connectivity index (χ4v) is 1.59. The number of ether oxygens (including phenoxy) is 1. The first-order valence-electron chi connectivity index (χ1n) is 5.01. The van der Waals surface area contributed by atoms with Crippen LogP contribution in [0.5, 0.6) is 0 Å². The second-order valence-electron chi connectivity index (χ2n) is 3.53. The Bertz CT molecular complexity index is 589. The Hall–Kier alpha value is -2.24. The number of aromatic nitrogens is 3. The van der Waals surface area contributed by atoms with Crippen LogP contribution in [0.2, 0.25) is 0 Å². The van der Waals surface area contributed by atoms with E-state index in [1.54, 1.807) is 18.5 Å². The van der Waals surface area contributed by atoms with E-state index in [1.165, 1.54) is 18.7 Å². The summed E-state index contributed by atoms with van der Waals surface area (Å²) in [6, 6.07) is 1.70. The Morgan fingerprint density at radius 2 is 2.24 bits per heavy atom. The molecule has 0 unspecified atom stereocenters. The average Bonchev–Trinajstić information content (AvgIpc) is 2.68. The molecule has 0 N–H and O–H groups in total. The van der Waals surface area contributed by atoms with Crippen molar-refractivity contribution in [3.8, 4) is 0 Å². The Kier molecular flexibility index (Phi) is 2.86. The molecule has 2 rings (SSSR count). The van der Waals surface area contributed by atoms with Crippen LogP contribution in [0.15, 0.2) is 18.5 Å². The Morgan fingerprint density at radius 3 is 2.88 bits per heavy atom. The molecule has 0 aliphatic rings. The first-order valence-corrected chi connectivity index (χ1v) is 5.01. The lowest BCUT2D eigenvalue weighted by Crippen LogP contribution is -2.13. The van der Waals surface area contributed by atoms with Crippen molar-refractivity contribution in [2.24, 2.45) is 0 Å². The van der Waals surface area contributed by atoms with Crippen LogP contribution >= 0.6 is 0 Å². The highest BCUT2D eigenvalue weighted by atomic mass is 16.5. The summed E-state index contributed by atoms with van der Waals surface area (Å²) in [7, 11) is 1.30. The number of pyridine rings is 1. The van der Waals surface area contributed by atoms with Gasteiger partial charge in [-0.25, -0.2) is 0 Å². The van der Waals surface area contributed by atoms with Crippen LogP contribution < -0.4 is 0 Å². The fraction of sp³-hybridized carbons (Fsp3) is 0.273. The molecule has 0 aromatic carbocycles. The third-order valence-corrected chi connectivity index (χ3v) is 2.39. The highest BCUT2D eigenvalue weighted by Gasteiger charge is 2.15. The monoisotopic (exact) mass is 233 g/mol. The topological polar surface area (TPSA) is 74.1 Å². The molecular formula is C11H11N3O3. The highest BCUT2D eigenvalue weighted by Crippen LogP contribution is 2.17. The number of esters is 1. The molecule has 88 valence electrons. The number of carbonyl (C=O) groups excluding carboxylic acids is 2. The molecule has 0 radical (unpaired) electrons. The predicted molar refractivity (Wildman–Crippen MR) is 59.5 cm³/mol. The van der Waals surface area contributed by atoms with Crippen molar-refractivity contribution in [2.45, 2.75) is 13.5 Å². The van der Waals surface area contributed by atoms with Crippen LogP contribution in [0.1, 0.15) is 17.4 Å². The molecule has 2 aromatic heterocycles. The van der Waals surface area contributed by atoms with Gasteiger partial charge in [-0.2, -0.15) is 5.10 Å². The molecular weight excluding hydrogens is 222 g/mol. The molecule has 0 amide bonds. The number of methoxy groups -OCH3 is 1. The smallest absolute Gasteiger partial charge is 0.327 e. The van der Waals surface area contributed by atoms with E-state index in [4.69, 9.17) is 0 Å². The average molecular weight is 233 g/mol. The molecule has 17 heavy (non-hydrogen) atoms. The van der Waals surface area contributed by atoms with Gasteiger partial charge >= 0.3 is 5.97 Å². The summed E-state index contributed by atoms with van der Waals surface area (Å²) in [4.78, 5) is 26.6. The predicted octanol–water partition coefficient (Wildman–Crippen LogP) is 0.807. The lowest BCUT2D eigenvalue weighted by molar-refractivity contribution is -0.141. The largest absolute Gasteiger partial charge is 0.468 e. The molecule has 6 heteroatoms. The van der Waals surface area contributed by atoms with Crippen molar-refractivity contribution < 1.29 is 14.3 Å². The molecule has 6 nitrogen and oxygen atoms in total. The van der Waals surface area contributed by atoms with Gasteiger partial charge < -0.3 is 4.74 Å². The van der Waals surface area contributed by atoms with Crippen LogP contribution in [0.4, 0.5) is 0 Å². The zero-order chi connectivity index (χ0) is 12.4. The molecule has 0 atom stereocenters. The lowest BCUT2D eigenvalue weighted by Gasteiger charge is -2.00. The minimum absolute atomic E-state index is 0.0357. The van der Waals surface area contributed by atoms with Crippen molar-refractivity contribution in [1.82, 2.24) is 14.8 Å². The van der Waals surface area contributed by atoms with Gasteiger partial charge in [0.25, 0.3) is 0 Å². The molecule has 0 bridgehead atoms. The third kappa shape index (κ3) is 2.01. The second-order valence-corrected chi connectivity index (χ2v) is 3.53. The van der Waals surface area contributed by atoms with Gasteiger partial charge in [0.05, 0.1) is 18.8 Å². The molecule has 2 aromatic rings. The second kappa shape index (κ2) is 4.32. The molecule has 0 saturated carbocycles. The molecule has 0 fully saturated rings. The zero-order valence-electron chi connectivity index (χ0n) is 9.51. The number of hydrogen-bond donors (Lipinski definition) is 0. The van der Waals surface area contributed by atoms with Gasteiger partial charge in [-0.1, -0.05) is 0 Å². The minimum Gasteiger partial charge on any atom is -0.468 e. The van der Waals surface area contributed by atoms with Crippen LogP contribution in [-0.4, -0.2) is 33.6 Å². The Labute approximate surface area is 97.2 Å². The maximum Gasteiger partial charge on any atom is 0.327 e. The molecule has 0 aliphatic carbocycles. The van der Waals surface area contributed by atoms with Crippen molar-refractivity contribution in [2.75, 3.05) is 7.11 Å². The van der Waals surface area contributed by atoms with Crippen molar-refractivity contribution in [3.05, 3.63) is 24.2 Å². The number of nitrogens with zero attached hydrogens (tertiary/aromatic N) is 3. The van der Waals surface area contributed by atoms with E-state index in [2.05, 4.69) is 14.8 Å². The summed E-state index contributed by atoms with van der Waals surface area (Å²) in [6.45, 7) is 1.40. The summed E-state index contributed by atoms with van der Waals surface area (Å²) in [5, 5.41) is 4.79. The van der Waals surface area contributed by atoms with E-state index in [0.717, 1.165) is 0 Å². The first kappa shape index (κ1) is 11.3. The van der Waals surface area contributed by atoms with Gasteiger partial charge in [0.2, 0.25) is 0 Å². The van der Waals surface area contributed by atoms with Gasteiger partial charge in [0, 0.05) is 18.5 Å². The summed E-state index contributed by atoms with van der Waals surface area (Å²) in [6.07, 6.45) is 3.15. The maximum atomic E-state index is 11.4. The van der Waals surface area contributed by atoms with Crippen molar-refractivity contribution in [3.63, 3.8) is 0 Å².